The number of hydrogen-bond acceptors (Lipinski definition) is 9. The van der Waals surface area contributed by atoms with Crippen molar-refractivity contribution in [2.24, 2.45) is 0 Å². The summed E-state index contributed by atoms with van der Waals surface area (Å²) in [5, 5.41) is 7.94. The fraction of sp³-hybridized carbons (Fsp3) is 0.217. The predicted molar refractivity (Wildman–Crippen MR) is 120 cm³/mol. The van der Waals surface area contributed by atoms with Gasteiger partial charge in [-0.05, 0) is 43.3 Å². The molecule has 0 unspecified atom stereocenters. The first-order chi connectivity index (χ1) is 16.4. The molecule has 0 saturated heterocycles. The van der Waals surface area contributed by atoms with E-state index in [0.717, 1.165) is 5.69 Å². The van der Waals surface area contributed by atoms with Crippen LogP contribution in [0.5, 0.6) is 17.2 Å². The van der Waals surface area contributed by atoms with Gasteiger partial charge in [0.1, 0.15) is 0 Å². The van der Waals surface area contributed by atoms with Crippen molar-refractivity contribution in [2.75, 3.05) is 21.3 Å². The van der Waals surface area contributed by atoms with Crippen LogP contribution in [0.15, 0.2) is 51.8 Å². The molecular formula is C23H22N4O7. The summed E-state index contributed by atoms with van der Waals surface area (Å²) in [6.45, 7) is 1.59. The SMILES string of the molecule is COc1cc(-c2nnc(COC(=O)c3ccc(-n4c(C)c[nH]c4=O)cc3)o2)cc(OC)c1OC. The van der Waals surface area contributed by atoms with E-state index in [-0.39, 0.29) is 24.1 Å². The van der Waals surface area contributed by atoms with Crippen molar-refractivity contribution >= 4 is 5.97 Å². The second-order valence-corrected chi connectivity index (χ2v) is 7.11. The Hall–Kier alpha value is -4.54. The Morgan fingerprint density at radius 1 is 1.03 bits per heavy atom. The monoisotopic (exact) mass is 466 g/mol. The third-order valence-electron chi connectivity index (χ3n) is 5.03. The summed E-state index contributed by atoms with van der Waals surface area (Å²) in [6.07, 6.45) is 1.61. The Labute approximate surface area is 193 Å². The second kappa shape index (κ2) is 9.53. The number of ether oxygens (including phenoxy) is 4. The molecule has 0 bridgehead atoms. The van der Waals surface area contributed by atoms with E-state index in [1.165, 1.54) is 25.9 Å². The zero-order valence-electron chi connectivity index (χ0n) is 18.9. The lowest BCUT2D eigenvalue weighted by molar-refractivity contribution is 0.0438. The van der Waals surface area contributed by atoms with E-state index in [2.05, 4.69) is 15.2 Å². The number of carbonyl (C=O) groups is 1. The van der Waals surface area contributed by atoms with E-state index >= 15 is 0 Å². The standard InChI is InChI=1S/C23H22N4O7/c1-13-11-24-23(29)27(13)16-7-5-14(6-8-16)22(28)33-12-19-25-26-21(34-19)15-9-17(30-2)20(32-4)18(10-15)31-3/h5-11H,12H2,1-4H3,(H,24,29). The van der Waals surface area contributed by atoms with Crippen LogP contribution in [0.4, 0.5) is 0 Å². The molecule has 34 heavy (non-hydrogen) atoms. The number of imidazole rings is 1. The zero-order valence-corrected chi connectivity index (χ0v) is 18.9. The van der Waals surface area contributed by atoms with Crippen molar-refractivity contribution in [2.45, 2.75) is 13.5 Å². The van der Waals surface area contributed by atoms with Gasteiger partial charge in [-0.3, -0.25) is 4.57 Å². The molecule has 0 fully saturated rings. The molecule has 0 amide bonds. The number of benzene rings is 2. The minimum Gasteiger partial charge on any atom is -0.493 e. The van der Waals surface area contributed by atoms with E-state index in [4.69, 9.17) is 23.4 Å². The van der Waals surface area contributed by atoms with Crippen LogP contribution in [0.1, 0.15) is 21.9 Å². The Morgan fingerprint density at radius 2 is 1.71 bits per heavy atom. The van der Waals surface area contributed by atoms with Gasteiger partial charge in [-0.1, -0.05) is 0 Å². The van der Waals surface area contributed by atoms with Crippen molar-refractivity contribution in [1.29, 1.82) is 0 Å². The smallest absolute Gasteiger partial charge is 0.338 e. The third-order valence-corrected chi connectivity index (χ3v) is 5.03. The topological polar surface area (TPSA) is 131 Å². The molecule has 2 aromatic carbocycles. The summed E-state index contributed by atoms with van der Waals surface area (Å²) in [5.74, 6) is 1.04. The molecule has 2 aromatic heterocycles. The lowest BCUT2D eigenvalue weighted by Crippen LogP contribution is -2.16. The molecule has 4 rings (SSSR count). The Morgan fingerprint density at radius 3 is 2.26 bits per heavy atom. The van der Waals surface area contributed by atoms with Crippen LogP contribution in [0.3, 0.4) is 0 Å². The van der Waals surface area contributed by atoms with Gasteiger partial charge in [0, 0.05) is 17.5 Å². The molecule has 0 saturated carbocycles. The van der Waals surface area contributed by atoms with E-state index in [1.807, 2.05) is 0 Å². The fourth-order valence-electron chi connectivity index (χ4n) is 3.37. The first kappa shape index (κ1) is 22.6. The van der Waals surface area contributed by atoms with Crippen LogP contribution in [0.2, 0.25) is 0 Å². The molecular weight excluding hydrogens is 444 g/mol. The Balaban J connectivity index is 1.45. The van der Waals surface area contributed by atoms with E-state index in [1.54, 1.807) is 49.5 Å². The summed E-state index contributed by atoms with van der Waals surface area (Å²) in [5.41, 5.74) is 1.98. The molecule has 0 spiro atoms. The molecule has 1 N–H and O–H groups in total. The number of esters is 1. The highest BCUT2D eigenvalue weighted by molar-refractivity contribution is 5.89. The Bertz CT molecular complexity index is 1340. The first-order valence-corrected chi connectivity index (χ1v) is 10.1. The maximum atomic E-state index is 12.4. The van der Waals surface area contributed by atoms with Crippen LogP contribution in [0, 0.1) is 6.92 Å². The number of carbonyl (C=O) groups excluding carboxylic acids is 1. The lowest BCUT2D eigenvalue weighted by atomic mass is 10.2. The predicted octanol–water partition coefficient (Wildman–Crippen LogP) is 2.91. The number of nitrogens with one attached hydrogen (secondary N) is 1. The van der Waals surface area contributed by atoms with Crippen molar-refractivity contribution < 1.29 is 28.2 Å². The molecule has 0 aliphatic rings. The van der Waals surface area contributed by atoms with Gasteiger partial charge in [-0.2, -0.15) is 0 Å². The van der Waals surface area contributed by atoms with Gasteiger partial charge in [0.25, 0.3) is 5.89 Å². The summed E-state index contributed by atoms with van der Waals surface area (Å²) in [6, 6.07) is 9.81. The first-order valence-electron chi connectivity index (χ1n) is 10.1. The summed E-state index contributed by atoms with van der Waals surface area (Å²) in [4.78, 5) is 26.9. The maximum Gasteiger partial charge on any atom is 0.338 e. The van der Waals surface area contributed by atoms with E-state index in [0.29, 0.717) is 34.1 Å². The highest BCUT2D eigenvalue weighted by atomic mass is 16.5. The lowest BCUT2D eigenvalue weighted by Gasteiger charge is -2.12. The van der Waals surface area contributed by atoms with Crippen LogP contribution >= 0.6 is 0 Å². The van der Waals surface area contributed by atoms with Gasteiger partial charge >= 0.3 is 11.7 Å². The van der Waals surface area contributed by atoms with E-state index in [9.17, 15) is 9.59 Å². The van der Waals surface area contributed by atoms with Crippen LogP contribution in [0.25, 0.3) is 17.1 Å². The average molecular weight is 466 g/mol. The number of H-pyrrole nitrogens is 1. The van der Waals surface area contributed by atoms with Gasteiger partial charge < -0.3 is 28.3 Å². The van der Waals surface area contributed by atoms with Crippen LogP contribution < -0.4 is 19.9 Å². The normalized spacial score (nSPS) is 10.7. The van der Waals surface area contributed by atoms with Gasteiger partial charge in [0.15, 0.2) is 18.1 Å². The highest BCUT2D eigenvalue weighted by Crippen LogP contribution is 2.40. The van der Waals surface area contributed by atoms with Crippen molar-refractivity contribution in [1.82, 2.24) is 19.7 Å². The van der Waals surface area contributed by atoms with Gasteiger partial charge in [-0.25, -0.2) is 9.59 Å². The number of rotatable bonds is 8. The Kier molecular flexibility index (Phi) is 6.35. The van der Waals surface area contributed by atoms with Crippen molar-refractivity contribution in [3.63, 3.8) is 0 Å². The summed E-state index contributed by atoms with van der Waals surface area (Å²) >= 11 is 0. The number of aryl methyl sites for hydroxylation is 1. The summed E-state index contributed by atoms with van der Waals surface area (Å²) < 4.78 is 28.4. The molecule has 0 radical (unpaired) electrons. The molecule has 0 atom stereocenters. The van der Waals surface area contributed by atoms with E-state index < -0.39 is 5.97 Å². The number of methoxy groups -OCH3 is 3. The van der Waals surface area contributed by atoms with Crippen molar-refractivity contribution in [3.05, 3.63) is 70.2 Å². The number of aromatic amines is 1. The minimum atomic E-state index is -0.572. The summed E-state index contributed by atoms with van der Waals surface area (Å²) in [7, 11) is 4.52. The second-order valence-electron chi connectivity index (χ2n) is 7.11. The van der Waals surface area contributed by atoms with Crippen LogP contribution in [-0.2, 0) is 11.3 Å². The molecule has 11 nitrogen and oxygen atoms in total. The molecule has 176 valence electrons. The number of aromatic nitrogens is 4. The largest absolute Gasteiger partial charge is 0.493 e. The molecule has 11 heteroatoms. The number of hydrogen-bond donors (Lipinski definition) is 1. The molecule has 2 heterocycles. The minimum absolute atomic E-state index is 0.114. The molecule has 0 aliphatic heterocycles. The maximum absolute atomic E-state index is 12.4. The van der Waals surface area contributed by atoms with Gasteiger partial charge in [0.2, 0.25) is 11.6 Å². The molecule has 0 aliphatic carbocycles. The number of nitrogens with zero attached hydrogens (tertiary/aromatic N) is 3. The van der Waals surface area contributed by atoms with Gasteiger partial charge in [0.05, 0.1) is 32.6 Å². The average Bonchev–Trinajstić information content (AvgIpc) is 3.47. The van der Waals surface area contributed by atoms with Crippen molar-refractivity contribution in [3.8, 4) is 34.4 Å². The van der Waals surface area contributed by atoms with Crippen LogP contribution in [-0.4, -0.2) is 47.0 Å². The van der Waals surface area contributed by atoms with Gasteiger partial charge in [-0.15, -0.1) is 10.2 Å². The highest BCUT2D eigenvalue weighted by Gasteiger charge is 2.18. The fourth-order valence-corrected chi connectivity index (χ4v) is 3.37. The third kappa shape index (κ3) is 4.35. The zero-order chi connectivity index (χ0) is 24.2. The quantitative estimate of drug-likeness (QED) is 0.389. The molecule has 4 aromatic rings.